The fourth-order valence-corrected chi connectivity index (χ4v) is 2.49. The molecule has 2 heteroatoms. The van der Waals surface area contributed by atoms with Crippen LogP contribution in [0.25, 0.3) is 5.70 Å². The van der Waals surface area contributed by atoms with E-state index in [1.54, 1.807) is 0 Å². The molecule has 0 bridgehead atoms. The fourth-order valence-electron chi connectivity index (χ4n) is 2.49. The molecule has 0 radical (unpaired) electrons. The van der Waals surface area contributed by atoms with E-state index in [9.17, 15) is 5.26 Å². The van der Waals surface area contributed by atoms with Crippen LogP contribution in [-0.4, -0.2) is 0 Å². The van der Waals surface area contributed by atoms with Gasteiger partial charge in [-0.25, -0.2) is 0 Å². The molecule has 3 rings (SSSR count). The van der Waals surface area contributed by atoms with E-state index in [-0.39, 0.29) is 0 Å². The summed E-state index contributed by atoms with van der Waals surface area (Å²) >= 11 is 0. The van der Waals surface area contributed by atoms with Crippen molar-refractivity contribution in [1.82, 2.24) is 5.32 Å². The van der Waals surface area contributed by atoms with Crippen molar-refractivity contribution in [3.63, 3.8) is 0 Å². The largest absolute Gasteiger partial charge is 0.360 e. The monoisotopic (exact) mass is 272 g/mol. The van der Waals surface area contributed by atoms with Crippen LogP contribution >= 0.6 is 0 Å². The van der Waals surface area contributed by atoms with Crippen molar-refractivity contribution in [2.24, 2.45) is 0 Å². The number of benzene rings is 2. The van der Waals surface area contributed by atoms with E-state index in [4.69, 9.17) is 0 Å². The van der Waals surface area contributed by atoms with Crippen LogP contribution in [-0.2, 0) is 5.54 Å². The van der Waals surface area contributed by atoms with Crippen LogP contribution in [0.5, 0.6) is 0 Å². The van der Waals surface area contributed by atoms with Gasteiger partial charge in [-0.2, -0.15) is 5.26 Å². The van der Waals surface area contributed by atoms with Gasteiger partial charge in [0.25, 0.3) is 0 Å². The third-order valence-corrected chi connectivity index (χ3v) is 3.71. The van der Waals surface area contributed by atoms with Crippen molar-refractivity contribution >= 4 is 5.70 Å². The molecular weight excluding hydrogens is 256 g/mol. The molecule has 1 aliphatic rings. The van der Waals surface area contributed by atoms with Gasteiger partial charge in [-0.3, -0.25) is 0 Å². The van der Waals surface area contributed by atoms with Gasteiger partial charge in [0.2, 0.25) is 0 Å². The minimum atomic E-state index is -0.809. The van der Waals surface area contributed by atoms with Crippen LogP contribution in [0.15, 0.2) is 72.8 Å². The zero-order valence-corrected chi connectivity index (χ0v) is 11.9. The van der Waals surface area contributed by atoms with E-state index in [0.29, 0.717) is 0 Å². The van der Waals surface area contributed by atoms with Crippen LogP contribution in [0.1, 0.15) is 16.7 Å². The number of hydrogen-bond donors (Lipinski definition) is 1. The molecule has 0 fully saturated rings. The molecule has 1 aliphatic heterocycles. The Morgan fingerprint density at radius 2 is 1.71 bits per heavy atom. The molecule has 0 aliphatic carbocycles. The number of nitriles is 1. The second kappa shape index (κ2) is 5.30. The summed E-state index contributed by atoms with van der Waals surface area (Å²) in [6, 6.07) is 20.5. The highest BCUT2D eigenvalue weighted by atomic mass is 15.0. The highest BCUT2D eigenvalue weighted by Crippen LogP contribution is 2.29. The van der Waals surface area contributed by atoms with Gasteiger partial charge in [0.05, 0.1) is 0 Å². The second-order valence-electron chi connectivity index (χ2n) is 5.22. The fraction of sp³-hybridized carbons (Fsp3) is 0.105. The molecule has 0 saturated heterocycles. The average Bonchev–Trinajstić information content (AvgIpc) is 2.56. The number of aryl methyl sites for hydroxylation is 1. The zero-order chi connectivity index (χ0) is 14.7. The average molecular weight is 272 g/mol. The SMILES string of the molecule is Cc1ccc(C2=CC=CC(C#N)(c3ccccc3)N2)cc1. The molecule has 0 aromatic heterocycles. The molecule has 1 unspecified atom stereocenters. The highest BCUT2D eigenvalue weighted by molar-refractivity contribution is 5.69. The molecule has 2 aromatic rings. The van der Waals surface area contributed by atoms with Gasteiger partial charge in [0, 0.05) is 5.70 Å². The molecule has 2 aromatic carbocycles. The molecule has 102 valence electrons. The summed E-state index contributed by atoms with van der Waals surface area (Å²) in [4.78, 5) is 0. The second-order valence-corrected chi connectivity index (χ2v) is 5.22. The number of nitrogens with one attached hydrogen (secondary N) is 1. The van der Waals surface area contributed by atoms with Crippen molar-refractivity contribution in [1.29, 1.82) is 5.26 Å². The van der Waals surface area contributed by atoms with E-state index in [1.165, 1.54) is 5.56 Å². The van der Waals surface area contributed by atoms with Crippen LogP contribution in [0.4, 0.5) is 0 Å². The summed E-state index contributed by atoms with van der Waals surface area (Å²) in [7, 11) is 0. The third kappa shape index (κ3) is 2.46. The zero-order valence-electron chi connectivity index (χ0n) is 11.9. The number of rotatable bonds is 2. The lowest BCUT2D eigenvalue weighted by Gasteiger charge is -2.30. The molecule has 1 heterocycles. The lowest BCUT2D eigenvalue weighted by molar-refractivity contribution is 0.618. The predicted molar refractivity (Wildman–Crippen MR) is 85.2 cm³/mol. The summed E-state index contributed by atoms with van der Waals surface area (Å²) in [6.07, 6.45) is 5.85. The van der Waals surface area contributed by atoms with Gasteiger partial charge in [0.15, 0.2) is 5.54 Å². The van der Waals surface area contributed by atoms with Crippen LogP contribution in [0.3, 0.4) is 0 Å². The molecule has 1 atom stereocenters. The third-order valence-electron chi connectivity index (χ3n) is 3.71. The number of dihydropyridines is 1. The molecular formula is C19H16N2. The van der Waals surface area contributed by atoms with Gasteiger partial charge < -0.3 is 5.32 Å². The van der Waals surface area contributed by atoms with Gasteiger partial charge in [0.1, 0.15) is 6.07 Å². The Morgan fingerprint density at radius 3 is 2.38 bits per heavy atom. The molecule has 21 heavy (non-hydrogen) atoms. The van der Waals surface area contributed by atoms with Crippen molar-refractivity contribution < 1.29 is 0 Å². The standard InChI is InChI=1S/C19H16N2/c1-15-9-11-16(12-10-15)18-8-5-13-19(14-20,21-18)17-6-3-2-4-7-17/h2-13,21H,1H3. The minimum absolute atomic E-state index is 0.809. The highest BCUT2D eigenvalue weighted by Gasteiger charge is 2.31. The van der Waals surface area contributed by atoms with Crippen LogP contribution in [0, 0.1) is 18.3 Å². The summed E-state index contributed by atoms with van der Waals surface area (Å²) in [6.45, 7) is 2.07. The summed E-state index contributed by atoms with van der Waals surface area (Å²) in [5.41, 5.74) is 3.40. The van der Waals surface area contributed by atoms with E-state index in [2.05, 4.69) is 42.6 Å². The maximum absolute atomic E-state index is 9.71. The van der Waals surface area contributed by atoms with E-state index in [0.717, 1.165) is 16.8 Å². The Kier molecular flexibility index (Phi) is 3.33. The topological polar surface area (TPSA) is 35.8 Å². The summed E-state index contributed by atoms with van der Waals surface area (Å²) in [5, 5.41) is 13.1. The first kappa shape index (κ1) is 13.2. The molecule has 0 spiro atoms. The summed E-state index contributed by atoms with van der Waals surface area (Å²) in [5.74, 6) is 0. The van der Waals surface area contributed by atoms with Gasteiger partial charge in [-0.1, -0.05) is 66.2 Å². The smallest absolute Gasteiger partial charge is 0.170 e. The number of hydrogen-bond acceptors (Lipinski definition) is 2. The molecule has 0 saturated carbocycles. The maximum Gasteiger partial charge on any atom is 0.170 e. The van der Waals surface area contributed by atoms with Crippen molar-refractivity contribution in [2.75, 3.05) is 0 Å². The Hall–Kier alpha value is -2.79. The number of nitrogens with zero attached hydrogens (tertiary/aromatic N) is 1. The van der Waals surface area contributed by atoms with Gasteiger partial charge >= 0.3 is 0 Å². The minimum Gasteiger partial charge on any atom is -0.360 e. The summed E-state index contributed by atoms with van der Waals surface area (Å²) < 4.78 is 0. The van der Waals surface area contributed by atoms with E-state index in [1.807, 2.05) is 48.6 Å². The Labute approximate surface area is 125 Å². The van der Waals surface area contributed by atoms with E-state index >= 15 is 0 Å². The van der Waals surface area contributed by atoms with E-state index < -0.39 is 5.54 Å². The van der Waals surface area contributed by atoms with Crippen molar-refractivity contribution in [3.8, 4) is 6.07 Å². The van der Waals surface area contributed by atoms with Crippen LogP contribution < -0.4 is 5.32 Å². The first-order valence-electron chi connectivity index (χ1n) is 6.95. The quantitative estimate of drug-likeness (QED) is 0.899. The van der Waals surface area contributed by atoms with Gasteiger partial charge in [-0.15, -0.1) is 0 Å². The first-order chi connectivity index (χ1) is 10.2. The Morgan fingerprint density at radius 1 is 1.00 bits per heavy atom. The predicted octanol–water partition coefficient (Wildman–Crippen LogP) is 3.91. The van der Waals surface area contributed by atoms with Crippen LogP contribution in [0.2, 0.25) is 0 Å². The first-order valence-corrected chi connectivity index (χ1v) is 6.95. The molecule has 0 amide bonds. The van der Waals surface area contributed by atoms with Crippen molar-refractivity contribution in [3.05, 3.63) is 89.5 Å². The normalized spacial score (nSPS) is 20.3. The number of allylic oxidation sites excluding steroid dienone is 2. The van der Waals surface area contributed by atoms with Crippen molar-refractivity contribution in [2.45, 2.75) is 12.5 Å². The van der Waals surface area contributed by atoms with Gasteiger partial charge in [-0.05, 0) is 30.2 Å². The Balaban J connectivity index is 1.98. The lowest BCUT2D eigenvalue weighted by atomic mass is 9.88. The maximum atomic E-state index is 9.71. The Bertz CT molecular complexity index is 733. The lowest BCUT2D eigenvalue weighted by Crippen LogP contribution is -2.39. The molecule has 1 N–H and O–H groups in total. The molecule has 2 nitrogen and oxygen atoms in total.